The monoisotopic (exact) mass is 312 g/mol. The summed E-state index contributed by atoms with van der Waals surface area (Å²) in [5, 5.41) is 4.36. The van der Waals surface area contributed by atoms with Crippen LogP contribution in [0, 0.1) is 10.7 Å². The predicted octanol–water partition coefficient (Wildman–Crippen LogP) is 2.23. The lowest BCUT2D eigenvalue weighted by molar-refractivity contribution is -0.149. The van der Waals surface area contributed by atoms with Crippen LogP contribution in [-0.2, 0) is 16.2 Å². The van der Waals surface area contributed by atoms with Crippen LogP contribution in [0.3, 0.4) is 0 Å². The molecule has 1 aromatic rings. The fourth-order valence-electron chi connectivity index (χ4n) is 2.56. The number of hydrogen-bond donors (Lipinski definition) is 0. The standard InChI is InChI=1S/C14H24N4O2S/c1-4-20-13(19)12-5-7-16(8-6-12)10-18-14(21)17(9-15-18)11(2)3/h9,11-12H,4-8,10H2,1-3H3. The average molecular weight is 312 g/mol. The molecule has 1 aromatic heterocycles. The number of aromatic nitrogens is 3. The maximum atomic E-state index is 11.7. The van der Waals surface area contributed by atoms with Crippen LogP contribution >= 0.6 is 12.2 Å². The average Bonchev–Trinajstić information content (AvgIpc) is 2.81. The van der Waals surface area contributed by atoms with Gasteiger partial charge in [-0.25, -0.2) is 4.68 Å². The Hall–Kier alpha value is -1.21. The van der Waals surface area contributed by atoms with Crippen LogP contribution in [0.25, 0.3) is 0 Å². The second kappa shape index (κ2) is 7.17. The third-order valence-corrected chi connectivity index (χ3v) is 4.28. The number of carbonyl (C=O) groups excluding carboxylic acids is 1. The molecule has 1 fully saturated rings. The Morgan fingerprint density at radius 3 is 2.67 bits per heavy atom. The molecule has 0 aliphatic carbocycles. The van der Waals surface area contributed by atoms with E-state index < -0.39 is 0 Å². The first kappa shape index (κ1) is 16.2. The minimum atomic E-state index is -0.0575. The van der Waals surface area contributed by atoms with Crippen LogP contribution in [0.1, 0.15) is 39.7 Å². The maximum Gasteiger partial charge on any atom is 0.309 e. The number of carbonyl (C=O) groups is 1. The molecule has 2 rings (SSSR count). The van der Waals surface area contributed by atoms with Gasteiger partial charge in [-0.15, -0.1) is 0 Å². The van der Waals surface area contributed by atoms with E-state index in [0.29, 0.717) is 19.3 Å². The number of esters is 1. The zero-order chi connectivity index (χ0) is 15.4. The van der Waals surface area contributed by atoms with Crippen molar-refractivity contribution in [2.45, 2.75) is 46.3 Å². The quantitative estimate of drug-likeness (QED) is 0.616. The fourth-order valence-corrected chi connectivity index (χ4v) is 2.92. The van der Waals surface area contributed by atoms with E-state index in [-0.39, 0.29) is 11.9 Å². The van der Waals surface area contributed by atoms with Crippen LogP contribution < -0.4 is 0 Å². The first-order chi connectivity index (χ1) is 10.0. The molecule has 0 amide bonds. The molecule has 0 atom stereocenters. The van der Waals surface area contributed by atoms with Crippen molar-refractivity contribution in [3.8, 4) is 0 Å². The molecule has 118 valence electrons. The zero-order valence-corrected chi connectivity index (χ0v) is 13.8. The molecule has 0 radical (unpaired) electrons. The lowest BCUT2D eigenvalue weighted by Gasteiger charge is -2.30. The second-order valence-corrected chi connectivity index (χ2v) is 6.06. The van der Waals surface area contributed by atoms with Gasteiger partial charge < -0.3 is 9.30 Å². The summed E-state index contributed by atoms with van der Waals surface area (Å²) in [7, 11) is 0. The van der Waals surface area contributed by atoms with E-state index in [0.717, 1.165) is 30.7 Å². The summed E-state index contributed by atoms with van der Waals surface area (Å²) in [6.45, 7) is 8.92. The summed E-state index contributed by atoms with van der Waals surface area (Å²) >= 11 is 5.43. The van der Waals surface area contributed by atoms with Crippen LogP contribution in [0.4, 0.5) is 0 Å². The number of likely N-dealkylation sites (tertiary alicyclic amines) is 1. The third kappa shape index (κ3) is 3.91. The van der Waals surface area contributed by atoms with Crippen molar-refractivity contribution in [3.63, 3.8) is 0 Å². The summed E-state index contributed by atoms with van der Waals surface area (Å²) in [5.41, 5.74) is 0. The predicted molar refractivity (Wildman–Crippen MR) is 82.4 cm³/mol. The Morgan fingerprint density at radius 2 is 2.14 bits per heavy atom. The van der Waals surface area contributed by atoms with Crippen molar-refractivity contribution in [3.05, 3.63) is 11.1 Å². The van der Waals surface area contributed by atoms with E-state index in [2.05, 4.69) is 23.8 Å². The van der Waals surface area contributed by atoms with Crippen molar-refractivity contribution in [1.29, 1.82) is 0 Å². The molecule has 0 aromatic carbocycles. The Kier molecular flexibility index (Phi) is 5.52. The molecule has 0 saturated carbocycles. The first-order valence-corrected chi connectivity index (χ1v) is 7.96. The molecule has 0 unspecified atom stereocenters. The molecular formula is C14H24N4O2S. The lowest BCUT2D eigenvalue weighted by Crippen LogP contribution is -2.38. The van der Waals surface area contributed by atoms with E-state index in [4.69, 9.17) is 17.0 Å². The largest absolute Gasteiger partial charge is 0.466 e. The molecule has 1 saturated heterocycles. The van der Waals surface area contributed by atoms with Crippen LogP contribution in [0.5, 0.6) is 0 Å². The van der Waals surface area contributed by atoms with Gasteiger partial charge in [0, 0.05) is 19.1 Å². The molecule has 6 nitrogen and oxygen atoms in total. The second-order valence-electron chi connectivity index (χ2n) is 5.70. The molecule has 2 heterocycles. The molecule has 0 spiro atoms. The van der Waals surface area contributed by atoms with E-state index >= 15 is 0 Å². The van der Waals surface area contributed by atoms with Gasteiger partial charge in [0.15, 0.2) is 4.77 Å². The van der Waals surface area contributed by atoms with Crippen molar-refractivity contribution < 1.29 is 9.53 Å². The van der Waals surface area contributed by atoms with Gasteiger partial charge in [0.1, 0.15) is 6.33 Å². The molecule has 21 heavy (non-hydrogen) atoms. The molecular weight excluding hydrogens is 288 g/mol. The van der Waals surface area contributed by atoms with Gasteiger partial charge in [0.05, 0.1) is 19.2 Å². The Labute approximate surface area is 130 Å². The Balaban J connectivity index is 1.89. The van der Waals surface area contributed by atoms with Gasteiger partial charge in [0.25, 0.3) is 0 Å². The van der Waals surface area contributed by atoms with Crippen molar-refractivity contribution in [1.82, 2.24) is 19.2 Å². The van der Waals surface area contributed by atoms with E-state index in [1.165, 1.54) is 0 Å². The number of nitrogens with zero attached hydrogens (tertiary/aromatic N) is 4. The third-order valence-electron chi connectivity index (χ3n) is 3.85. The Morgan fingerprint density at radius 1 is 1.48 bits per heavy atom. The Bertz CT molecular complexity index is 529. The summed E-state index contributed by atoms with van der Waals surface area (Å²) in [4.78, 5) is 14.0. The SMILES string of the molecule is CCOC(=O)C1CCN(Cn2ncn(C(C)C)c2=S)CC1. The zero-order valence-electron chi connectivity index (χ0n) is 13.0. The molecule has 0 N–H and O–H groups in total. The normalized spacial score (nSPS) is 17.3. The highest BCUT2D eigenvalue weighted by molar-refractivity contribution is 7.71. The lowest BCUT2D eigenvalue weighted by atomic mass is 9.97. The summed E-state index contributed by atoms with van der Waals surface area (Å²) in [6, 6.07) is 0.320. The van der Waals surface area contributed by atoms with Crippen LogP contribution in [0.2, 0.25) is 0 Å². The van der Waals surface area contributed by atoms with Gasteiger partial charge in [0.2, 0.25) is 0 Å². The van der Waals surface area contributed by atoms with Crippen molar-refractivity contribution in [2.24, 2.45) is 5.92 Å². The summed E-state index contributed by atoms with van der Waals surface area (Å²) in [5.74, 6) is -0.0137. The van der Waals surface area contributed by atoms with E-state index in [9.17, 15) is 4.79 Å². The molecule has 1 aliphatic heterocycles. The highest BCUT2D eigenvalue weighted by Gasteiger charge is 2.26. The minimum Gasteiger partial charge on any atom is -0.466 e. The summed E-state index contributed by atoms with van der Waals surface area (Å²) < 4.78 is 9.67. The topological polar surface area (TPSA) is 52.3 Å². The summed E-state index contributed by atoms with van der Waals surface area (Å²) in [6.07, 6.45) is 3.48. The smallest absolute Gasteiger partial charge is 0.309 e. The number of rotatable bonds is 5. The number of hydrogen-bond acceptors (Lipinski definition) is 5. The highest BCUT2D eigenvalue weighted by Crippen LogP contribution is 2.19. The number of ether oxygens (including phenoxy) is 1. The highest BCUT2D eigenvalue weighted by atomic mass is 32.1. The first-order valence-electron chi connectivity index (χ1n) is 7.55. The van der Waals surface area contributed by atoms with Gasteiger partial charge >= 0.3 is 5.97 Å². The minimum absolute atomic E-state index is 0.0439. The fraction of sp³-hybridized carbons (Fsp3) is 0.786. The van der Waals surface area contributed by atoms with Crippen LogP contribution in [0.15, 0.2) is 6.33 Å². The van der Waals surface area contributed by atoms with Gasteiger partial charge in [-0.2, -0.15) is 5.10 Å². The van der Waals surface area contributed by atoms with Gasteiger partial charge in [-0.05, 0) is 45.8 Å². The van der Waals surface area contributed by atoms with Crippen molar-refractivity contribution >= 4 is 18.2 Å². The number of piperidine rings is 1. The maximum absolute atomic E-state index is 11.7. The van der Waals surface area contributed by atoms with Crippen molar-refractivity contribution in [2.75, 3.05) is 19.7 Å². The van der Waals surface area contributed by atoms with Gasteiger partial charge in [-0.3, -0.25) is 9.69 Å². The van der Waals surface area contributed by atoms with Gasteiger partial charge in [-0.1, -0.05) is 0 Å². The molecule has 7 heteroatoms. The van der Waals surface area contributed by atoms with E-state index in [1.54, 1.807) is 6.33 Å². The van der Waals surface area contributed by atoms with E-state index in [1.807, 2.05) is 16.2 Å². The van der Waals surface area contributed by atoms with Crippen LogP contribution in [-0.4, -0.2) is 44.9 Å². The molecule has 0 bridgehead atoms. The molecule has 1 aliphatic rings.